The maximum absolute atomic E-state index is 13.3. The smallest absolute Gasteiger partial charge is 0.168 e. The summed E-state index contributed by atoms with van der Waals surface area (Å²) in [5.74, 6) is 0.160. The molecule has 1 aliphatic rings. The summed E-state index contributed by atoms with van der Waals surface area (Å²) in [5, 5.41) is 8.81. The van der Waals surface area contributed by atoms with Crippen LogP contribution in [-0.2, 0) is 6.42 Å². The van der Waals surface area contributed by atoms with Crippen molar-refractivity contribution in [3.05, 3.63) is 40.8 Å². The van der Waals surface area contributed by atoms with Crippen molar-refractivity contribution in [1.29, 1.82) is 0 Å². The van der Waals surface area contributed by atoms with E-state index >= 15 is 0 Å². The fourth-order valence-electron chi connectivity index (χ4n) is 2.39. The Morgan fingerprint density at radius 3 is 2.86 bits per heavy atom. The molecule has 1 aliphatic heterocycles. The van der Waals surface area contributed by atoms with Crippen LogP contribution in [0.5, 0.6) is 0 Å². The molecule has 1 aromatic carbocycles. The first-order chi connectivity index (χ1) is 10.2. The van der Waals surface area contributed by atoms with E-state index in [-0.39, 0.29) is 5.82 Å². The second-order valence-corrected chi connectivity index (χ2v) is 5.48. The van der Waals surface area contributed by atoms with Crippen molar-refractivity contribution in [3.63, 3.8) is 0 Å². The third kappa shape index (κ3) is 3.61. The molecule has 0 bridgehead atoms. The van der Waals surface area contributed by atoms with Gasteiger partial charge in [0.05, 0.1) is 10.7 Å². The van der Waals surface area contributed by atoms with Crippen molar-refractivity contribution in [2.24, 2.45) is 0 Å². The third-order valence-electron chi connectivity index (χ3n) is 3.59. The summed E-state index contributed by atoms with van der Waals surface area (Å²) in [6.07, 6.45) is 0.802. The Kier molecular flexibility index (Phi) is 4.53. The van der Waals surface area contributed by atoms with Crippen LogP contribution in [-0.4, -0.2) is 42.8 Å². The minimum atomic E-state index is -0.343. The maximum atomic E-state index is 13.3. The number of nitrogens with zero attached hydrogens (tertiary/aromatic N) is 3. The maximum Gasteiger partial charge on any atom is 0.168 e. The Morgan fingerprint density at radius 2 is 2.05 bits per heavy atom. The van der Waals surface area contributed by atoms with Crippen LogP contribution >= 0.6 is 11.6 Å². The minimum absolute atomic E-state index is 0.343. The standard InChI is InChI=1S/C15H16ClFN3O/c16-14-2-1-11(17)9-13(14)15-10-12(19-21-15)3-6-20-7-4-18-5-8-20/h1-2,9-10H,3-8H2. The molecule has 6 heteroatoms. The average Bonchev–Trinajstić information content (AvgIpc) is 2.97. The van der Waals surface area contributed by atoms with Gasteiger partial charge >= 0.3 is 0 Å². The van der Waals surface area contributed by atoms with E-state index in [9.17, 15) is 4.39 Å². The van der Waals surface area contributed by atoms with E-state index in [1.807, 2.05) is 6.07 Å². The lowest BCUT2D eigenvalue weighted by molar-refractivity contribution is 0.239. The molecule has 0 spiro atoms. The summed E-state index contributed by atoms with van der Waals surface area (Å²) in [4.78, 5) is 2.36. The molecule has 0 N–H and O–H groups in total. The predicted molar refractivity (Wildman–Crippen MR) is 78.9 cm³/mol. The van der Waals surface area contributed by atoms with Gasteiger partial charge in [0.1, 0.15) is 5.82 Å². The van der Waals surface area contributed by atoms with Crippen LogP contribution in [0.4, 0.5) is 4.39 Å². The van der Waals surface area contributed by atoms with E-state index in [4.69, 9.17) is 16.1 Å². The fraction of sp³-hybridized carbons (Fsp3) is 0.400. The topological polar surface area (TPSA) is 43.4 Å². The average molecular weight is 309 g/mol. The monoisotopic (exact) mass is 308 g/mol. The number of hydrogen-bond acceptors (Lipinski definition) is 3. The van der Waals surface area contributed by atoms with Crippen LogP contribution in [0.25, 0.3) is 11.3 Å². The molecular formula is C15H16ClFN3O. The van der Waals surface area contributed by atoms with Crippen LogP contribution < -0.4 is 5.32 Å². The Balaban J connectivity index is 1.66. The number of hydrogen-bond donors (Lipinski definition) is 0. The highest BCUT2D eigenvalue weighted by molar-refractivity contribution is 6.33. The van der Waals surface area contributed by atoms with Gasteiger partial charge in [0, 0.05) is 50.8 Å². The molecule has 3 rings (SSSR count). The van der Waals surface area contributed by atoms with Gasteiger partial charge in [0.25, 0.3) is 0 Å². The summed E-state index contributed by atoms with van der Waals surface area (Å²) in [5.41, 5.74) is 1.39. The highest BCUT2D eigenvalue weighted by Crippen LogP contribution is 2.29. The van der Waals surface area contributed by atoms with Crippen LogP contribution in [0, 0.1) is 5.82 Å². The van der Waals surface area contributed by atoms with Crippen molar-refractivity contribution in [1.82, 2.24) is 15.4 Å². The van der Waals surface area contributed by atoms with Crippen molar-refractivity contribution < 1.29 is 8.91 Å². The first-order valence-electron chi connectivity index (χ1n) is 6.99. The normalized spacial score (nSPS) is 16.3. The molecule has 4 nitrogen and oxygen atoms in total. The van der Waals surface area contributed by atoms with Crippen molar-refractivity contribution in [2.75, 3.05) is 32.7 Å². The zero-order valence-corrected chi connectivity index (χ0v) is 12.3. The summed E-state index contributed by atoms with van der Waals surface area (Å²) in [6.45, 7) is 4.74. The van der Waals surface area contributed by atoms with Crippen LogP contribution in [0.1, 0.15) is 5.69 Å². The molecule has 2 heterocycles. The van der Waals surface area contributed by atoms with Crippen molar-refractivity contribution in [3.8, 4) is 11.3 Å². The van der Waals surface area contributed by atoms with E-state index in [2.05, 4.69) is 15.4 Å². The minimum Gasteiger partial charge on any atom is -0.356 e. The number of halogens is 2. The van der Waals surface area contributed by atoms with Gasteiger partial charge in [0.2, 0.25) is 0 Å². The number of aromatic nitrogens is 1. The Morgan fingerprint density at radius 1 is 1.24 bits per heavy atom. The number of benzene rings is 1. The number of rotatable bonds is 4. The van der Waals surface area contributed by atoms with E-state index < -0.39 is 0 Å². The fourth-order valence-corrected chi connectivity index (χ4v) is 2.60. The van der Waals surface area contributed by atoms with E-state index in [0.717, 1.165) is 44.8 Å². The van der Waals surface area contributed by atoms with Gasteiger partial charge < -0.3 is 9.42 Å². The Bertz CT molecular complexity index is 611. The Labute approximate surface area is 127 Å². The lowest BCUT2D eigenvalue weighted by atomic mass is 10.1. The SMILES string of the molecule is Fc1ccc(Cl)c(-c2cc(CCN3CC[N]CC3)no2)c1. The molecule has 1 radical (unpaired) electrons. The molecule has 1 fully saturated rings. The molecule has 0 saturated carbocycles. The molecule has 111 valence electrons. The zero-order valence-electron chi connectivity index (χ0n) is 11.6. The van der Waals surface area contributed by atoms with E-state index in [0.29, 0.717) is 16.3 Å². The molecule has 21 heavy (non-hydrogen) atoms. The lowest BCUT2D eigenvalue weighted by Gasteiger charge is -2.25. The zero-order chi connectivity index (χ0) is 14.7. The van der Waals surface area contributed by atoms with E-state index in [1.54, 1.807) is 0 Å². The molecule has 0 unspecified atom stereocenters. The first-order valence-corrected chi connectivity index (χ1v) is 7.37. The largest absolute Gasteiger partial charge is 0.356 e. The van der Waals surface area contributed by atoms with Crippen molar-refractivity contribution in [2.45, 2.75) is 6.42 Å². The molecule has 2 aromatic rings. The van der Waals surface area contributed by atoms with Gasteiger partial charge in [-0.15, -0.1) is 0 Å². The third-order valence-corrected chi connectivity index (χ3v) is 3.92. The molecular weight excluding hydrogens is 293 g/mol. The molecule has 0 amide bonds. The highest BCUT2D eigenvalue weighted by atomic mass is 35.5. The van der Waals surface area contributed by atoms with Gasteiger partial charge in [-0.3, -0.25) is 0 Å². The molecule has 1 aromatic heterocycles. The summed E-state index contributed by atoms with van der Waals surface area (Å²) >= 11 is 6.07. The first kappa shape index (κ1) is 14.5. The second kappa shape index (κ2) is 6.56. The summed E-state index contributed by atoms with van der Waals surface area (Å²) in [7, 11) is 0. The molecule has 1 saturated heterocycles. The highest BCUT2D eigenvalue weighted by Gasteiger charge is 2.14. The second-order valence-electron chi connectivity index (χ2n) is 5.07. The predicted octanol–water partition coefficient (Wildman–Crippen LogP) is 2.60. The summed E-state index contributed by atoms with van der Waals surface area (Å²) < 4.78 is 18.6. The van der Waals surface area contributed by atoms with Gasteiger partial charge in [-0.25, -0.2) is 9.71 Å². The molecule has 0 aliphatic carbocycles. The summed E-state index contributed by atoms with van der Waals surface area (Å²) in [6, 6.07) is 6.03. The van der Waals surface area contributed by atoms with Gasteiger partial charge in [-0.2, -0.15) is 0 Å². The van der Waals surface area contributed by atoms with Gasteiger partial charge in [-0.05, 0) is 18.2 Å². The van der Waals surface area contributed by atoms with Gasteiger partial charge in [-0.1, -0.05) is 16.8 Å². The quantitative estimate of drug-likeness (QED) is 0.872. The van der Waals surface area contributed by atoms with Crippen LogP contribution in [0.15, 0.2) is 28.8 Å². The lowest BCUT2D eigenvalue weighted by Crippen LogP contribution is -2.41. The van der Waals surface area contributed by atoms with Crippen LogP contribution in [0.3, 0.4) is 0 Å². The van der Waals surface area contributed by atoms with Gasteiger partial charge in [0.15, 0.2) is 5.76 Å². The molecule has 0 atom stereocenters. The van der Waals surface area contributed by atoms with Crippen LogP contribution in [0.2, 0.25) is 5.02 Å². The number of piperazine rings is 1. The van der Waals surface area contributed by atoms with Crippen molar-refractivity contribution >= 4 is 11.6 Å². The Hall–Kier alpha value is -1.43. The van der Waals surface area contributed by atoms with E-state index in [1.165, 1.54) is 18.2 Å².